The van der Waals surface area contributed by atoms with Crippen LogP contribution in [0.2, 0.25) is 0 Å². The zero-order valence-electron chi connectivity index (χ0n) is 15.6. The normalized spacial score (nSPS) is 13.4. The van der Waals surface area contributed by atoms with Crippen LogP contribution >= 0.6 is 0 Å². The van der Waals surface area contributed by atoms with Gasteiger partial charge in [0.25, 0.3) is 5.91 Å². The Balaban J connectivity index is 1.38. The molecule has 2 heterocycles. The van der Waals surface area contributed by atoms with E-state index in [2.05, 4.69) is 37.6 Å². The van der Waals surface area contributed by atoms with E-state index >= 15 is 0 Å². The van der Waals surface area contributed by atoms with Gasteiger partial charge in [0.2, 0.25) is 5.95 Å². The van der Waals surface area contributed by atoms with E-state index in [0.717, 1.165) is 24.3 Å². The minimum atomic E-state index is -0.223. The van der Waals surface area contributed by atoms with Crippen molar-refractivity contribution in [1.29, 1.82) is 0 Å². The molecule has 0 spiro atoms. The first kappa shape index (κ1) is 18.0. The molecule has 0 radical (unpaired) electrons. The van der Waals surface area contributed by atoms with Crippen LogP contribution in [0, 0.1) is 0 Å². The van der Waals surface area contributed by atoms with Crippen molar-refractivity contribution in [1.82, 2.24) is 15.3 Å². The molecule has 1 saturated heterocycles. The summed E-state index contributed by atoms with van der Waals surface area (Å²) in [6, 6.07) is 19.6. The van der Waals surface area contributed by atoms with Gasteiger partial charge in [0.05, 0.1) is 0 Å². The highest BCUT2D eigenvalue weighted by Crippen LogP contribution is 2.23. The average molecular weight is 373 g/mol. The van der Waals surface area contributed by atoms with Crippen molar-refractivity contribution in [2.45, 2.75) is 19.4 Å². The zero-order chi connectivity index (χ0) is 19.2. The molecule has 0 saturated carbocycles. The summed E-state index contributed by atoms with van der Waals surface area (Å²) in [5, 5.41) is 6.05. The fourth-order valence-corrected chi connectivity index (χ4v) is 3.27. The van der Waals surface area contributed by atoms with Gasteiger partial charge in [0.15, 0.2) is 0 Å². The first-order valence-electron chi connectivity index (χ1n) is 9.55. The summed E-state index contributed by atoms with van der Waals surface area (Å²) in [6.07, 6.45) is 4.10. The number of aromatic nitrogens is 2. The van der Waals surface area contributed by atoms with Gasteiger partial charge in [-0.25, -0.2) is 9.97 Å². The maximum Gasteiger partial charge on any atom is 0.270 e. The monoisotopic (exact) mass is 373 g/mol. The summed E-state index contributed by atoms with van der Waals surface area (Å²) in [7, 11) is 0. The molecular formula is C22H23N5O. The van der Waals surface area contributed by atoms with Crippen molar-refractivity contribution < 1.29 is 4.79 Å². The van der Waals surface area contributed by atoms with E-state index in [1.54, 1.807) is 12.3 Å². The molecule has 1 aromatic heterocycles. The smallest absolute Gasteiger partial charge is 0.270 e. The fourth-order valence-electron chi connectivity index (χ4n) is 3.27. The predicted molar refractivity (Wildman–Crippen MR) is 111 cm³/mol. The van der Waals surface area contributed by atoms with E-state index < -0.39 is 0 Å². The van der Waals surface area contributed by atoms with Gasteiger partial charge in [-0.1, -0.05) is 30.3 Å². The molecule has 0 bridgehead atoms. The van der Waals surface area contributed by atoms with Gasteiger partial charge in [-0.2, -0.15) is 0 Å². The molecule has 142 valence electrons. The van der Waals surface area contributed by atoms with Crippen molar-refractivity contribution in [2.24, 2.45) is 0 Å². The quantitative estimate of drug-likeness (QED) is 0.689. The molecule has 28 heavy (non-hydrogen) atoms. The number of anilines is 3. The second-order valence-corrected chi connectivity index (χ2v) is 6.80. The summed E-state index contributed by atoms with van der Waals surface area (Å²) in [4.78, 5) is 23.3. The van der Waals surface area contributed by atoms with E-state index in [0.29, 0.717) is 18.2 Å². The highest BCUT2D eigenvalue weighted by molar-refractivity contribution is 5.92. The standard InChI is InChI=1S/C22H23N5O/c28-21(24-16-17-6-2-1-3-7-17)20-12-13-23-22(26-20)25-18-8-10-19(11-9-18)27-14-4-5-15-27/h1-3,6-13H,4-5,14-16H2,(H,24,28)(H,23,25,26). The summed E-state index contributed by atoms with van der Waals surface area (Å²) in [5.41, 5.74) is 3.51. The lowest BCUT2D eigenvalue weighted by Crippen LogP contribution is -2.24. The lowest BCUT2D eigenvalue weighted by molar-refractivity contribution is 0.0946. The van der Waals surface area contributed by atoms with Gasteiger partial charge in [-0.3, -0.25) is 4.79 Å². The predicted octanol–water partition coefficient (Wildman–Crippen LogP) is 3.75. The Kier molecular flexibility index (Phi) is 5.47. The molecular weight excluding hydrogens is 350 g/mol. The van der Waals surface area contributed by atoms with Gasteiger partial charge in [-0.05, 0) is 48.7 Å². The van der Waals surface area contributed by atoms with Crippen LogP contribution in [0.5, 0.6) is 0 Å². The van der Waals surface area contributed by atoms with Gasteiger partial charge >= 0.3 is 0 Å². The zero-order valence-corrected chi connectivity index (χ0v) is 15.6. The molecule has 1 aliphatic rings. The minimum absolute atomic E-state index is 0.223. The van der Waals surface area contributed by atoms with Crippen LogP contribution in [0.25, 0.3) is 0 Å². The molecule has 2 aromatic carbocycles. The topological polar surface area (TPSA) is 70.2 Å². The van der Waals surface area contributed by atoms with Crippen LogP contribution in [-0.2, 0) is 6.54 Å². The van der Waals surface area contributed by atoms with Gasteiger partial charge < -0.3 is 15.5 Å². The maximum absolute atomic E-state index is 12.4. The van der Waals surface area contributed by atoms with Crippen molar-refractivity contribution in [2.75, 3.05) is 23.3 Å². The van der Waals surface area contributed by atoms with E-state index in [-0.39, 0.29) is 5.91 Å². The van der Waals surface area contributed by atoms with E-state index in [1.807, 2.05) is 42.5 Å². The first-order valence-corrected chi connectivity index (χ1v) is 9.55. The van der Waals surface area contributed by atoms with Crippen molar-refractivity contribution in [3.63, 3.8) is 0 Å². The molecule has 3 aromatic rings. The van der Waals surface area contributed by atoms with Crippen LogP contribution < -0.4 is 15.5 Å². The molecule has 0 aliphatic carbocycles. The molecule has 4 rings (SSSR count). The fraction of sp³-hybridized carbons (Fsp3) is 0.227. The molecule has 0 unspecified atom stereocenters. The third-order valence-corrected chi connectivity index (χ3v) is 4.78. The number of amides is 1. The molecule has 0 atom stereocenters. The Morgan fingerprint density at radius 2 is 1.71 bits per heavy atom. The second kappa shape index (κ2) is 8.52. The van der Waals surface area contributed by atoms with E-state index in [9.17, 15) is 4.79 Å². The summed E-state index contributed by atoms with van der Waals surface area (Å²) < 4.78 is 0. The number of nitrogens with one attached hydrogen (secondary N) is 2. The van der Waals surface area contributed by atoms with Crippen LogP contribution in [0.4, 0.5) is 17.3 Å². The number of carbonyl (C=O) groups is 1. The number of hydrogen-bond acceptors (Lipinski definition) is 5. The van der Waals surface area contributed by atoms with Crippen molar-refractivity contribution >= 4 is 23.2 Å². The number of nitrogens with zero attached hydrogens (tertiary/aromatic N) is 3. The Morgan fingerprint density at radius 3 is 2.46 bits per heavy atom. The lowest BCUT2D eigenvalue weighted by atomic mass is 10.2. The third-order valence-electron chi connectivity index (χ3n) is 4.78. The summed E-state index contributed by atoms with van der Waals surface area (Å²) in [6.45, 7) is 2.70. The van der Waals surface area contributed by atoms with Crippen LogP contribution in [0.1, 0.15) is 28.9 Å². The van der Waals surface area contributed by atoms with Crippen molar-refractivity contribution in [3.05, 3.63) is 78.1 Å². The van der Waals surface area contributed by atoms with Crippen LogP contribution in [0.15, 0.2) is 66.9 Å². The Morgan fingerprint density at radius 1 is 0.964 bits per heavy atom. The minimum Gasteiger partial charge on any atom is -0.372 e. The molecule has 1 aliphatic heterocycles. The highest BCUT2D eigenvalue weighted by Gasteiger charge is 2.12. The molecule has 6 nitrogen and oxygen atoms in total. The lowest BCUT2D eigenvalue weighted by Gasteiger charge is -2.17. The largest absolute Gasteiger partial charge is 0.372 e. The number of benzene rings is 2. The summed E-state index contributed by atoms with van der Waals surface area (Å²) >= 11 is 0. The Labute approximate surface area is 164 Å². The van der Waals surface area contributed by atoms with Crippen molar-refractivity contribution in [3.8, 4) is 0 Å². The first-order chi connectivity index (χ1) is 13.8. The number of carbonyl (C=O) groups excluding carboxylic acids is 1. The second-order valence-electron chi connectivity index (χ2n) is 6.80. The molecule has 1 amide bonds. The van der Waals surface area contributed by atoms with E-state index in [4.69, 9.17) is 0 Å². The Hall–Kier alpha value is -3.41. The average Bonchev–Trinajstić information content (AvgIpc) is 3.28. The summed E-state index contributed by atoms with van der Waals surface area (Å²) in [5.74, 6) is 0.181. The number of hydrogen-bond donors (Lipinski definition) is 2. The van der Waals surface area contributed by atoms with Gasteiger partial charge in [0.1, 0.15) is 5.69 Å². The third kappa shape index (κ3) is 4.46. The number of rotatable bonds is 6. The van der Waals surface area contributed by atoms with Gasteiger partial charge in [-0.15, -0.1) is 0 Å². The maximum atomic E-state index is 12.4. The molecule has 2 N–H and O–H groups in total. The van der Waals surface area contributed by atoms with Crippen LogP contribution in [-0.4, -0.2) is 29.0 Å². The SMILES string of the molecule is O=C(NCc1ccccc1)c1ccnc(Nc2ccc(N3CCCC3)cc2)n1. The van der Waals surface area contributed by atoms with Gasteiger partial charge in [0, 0.05) is 37.2 Å². The molecule has 6 heteroatoms. The van der Waals surface area contributed by atoms with Crippen LogP contribution in [0.3, 0.4) is 0 Å². The molecule has 1 fully saturated rings. The Bertz CT molecular complexity index is 921. The highest BCUT2D eigenvalue weighted by atomic mass is 16.1. The van der Waals surface area contributed by atoms with E-state index in [1.165, 1.54) is 18.5 Å².